The first-order valence-corrected chi connectivity index (χ1v) is 9.50. The number of hydrogen-bond donors (Lipinski definition) is 0. The largest absolute Gasteiger partial charge is 0.368 e. The van der Waals surface area contributed by atoms with Gasteiger partial charge in [-0.25, -0.2) is 0 Å². The zero-order valence-electron chi connectivity index (χ0n) is 15.9. The first kappa shape index (κ1) is 18.1. The van der Waals surface area contributed by atoms with Crippen LogP contribution in [0.25, 0.3) is 0 Å². The van der Waals surface area contributed by atoms with Crippen LogP contribution < -0.4 is 9.80 Å². The molecule has 6 nitrogen and oxygen atoms in total. The Balaban J connectivity index is 1.44. The number of nitriles is 1. The third-order valence-corrected chi connectivity index (χ3v) is 5.58. The van der Waals surface area contributed by atoms with Gasteiger partial charge >= 0.3 is 0 Å². The standard InChI is InChI=1S/C22H22N4O2/c1-24-20-7-6-19(14-17(20)5-8-21(24)27)25-9-11-26(12-10-25)22(28)18-4-2-3-16(13-18)15-23/h2-4,6-7,13-14H,5,8-12H2,1H3. The molecule has 2 aliphatic rings. The predicted molar refractivity (Wildman–Crippen MR) is 107 cm³/mol. The number of hydrogen-bond acceptors (Lipinski definition) is 4. The van der Waals surface area contributed by atoms with Crippen LogP contribution in [0.4, 0.5) is 11.4 Å². The predicted octanol–water partition coefficient (Wildman–Crippen LogP) is 2.43. The van der Waals surface area contributed by atoms with Gasteiger partial charge in [-0.2, -0.15) is 5.26 Å². The number of nitrogens with zero attached hydrogens (tertiary/aromatic N) is 4. The number of fused-ring (bicyclic) bond motifs is 1. The van der Waals surface area contributed by atoms with Gasteiger partial charge in [0.2, 0.25) is 5.91 Å². The summed E-state index contributed by atoms with van der Waals surface area (Å²) in [5.74, 6) is 0.134. The maximum absolute atomic E-state index is 12.7. The minimum atomic E-state index is -0.0256. The Morgan fingerprint density at radius 3 is 2.57 bits per heavy atom. The van der Waals surface area contributed by atoms with Crippen LogP contribution in [0.15, 0.2) is 42.5 Å². The average molecular weight is 374 g/mol. The Hall–Kier alpha value is -3.33. The van der Waals surface area contributed by atoms with Gasteiger partial charge in [0.05, 0.1) is 11.6 Å². The second-order valence-electron chi connectivity index (χ2n) is 7.24. The minimum absolute atomic E-state index is 0.0256. The van der Waals surface area contributed by atoms with Crippen molar-refractivity contribution in [3.8, 4) is 6.07 Å². The van der Waals surface area contributed by atoms with Crippen LogP contribution in [0.1, 0.15) is 27.9 Å². The van der Waals surface area contributed by atoms with Crippen molar-refractivity contribution in [1.29, 1.82) is 5.26 Å². The topological polar surface area (TPSA) is 67.7 Å². The fraction of sp³-hybridized carbons (Fsp3) is 0.318. The van der Waals surface area contributed by atoms with Crippen molar-refractivity contribution >= 4 is 23.2 Å². The molecule has 142 valence electrons. The van der Waals surface area contributed by atoms with E-state index in [4.69, 9.17) is 5.26 Å². The third kappa shape index (κ3) is 3.31. The maximum atomic E-state index is 12.7. The van der Waals surface area contributed by atoms with Crippen LogP contribution in [-0.4, -0.2) is 49.9 Å². The molecule has 0 unspecified atom stereocenters. The highest BCUT2D eigenvalue weighted by Crippen LogP contribution is 2.31. The third-order valence-electron chi connectivity index (χ3n) is 5.58. The second-order valence-corrected chi connectivity index (χ2v) is 7.24. The summed E-state index contributed by atoms with van der Waals surface area (Å²) in [6, 6.07) is 15.2. The van der Waals surface area contributed by atoms with E-state index in [1.54, 1.807) is 29.2 Å². The van der Waals surface area contributed by atoms with Gasteiger partial charge < -0.3 is 14.7 Å². The summed E-state index contributed by atoms with van der Waals surface area (Å²) >= 11 is 0. The molecule has 1 saturated heterocycles. The van der Waals surface area contributed by atoms with E-state index in [1.165, 1.54) is 5.56 Å². The van der Waals surface area contributed by atoms with Gasteiger partial charge in [-0.15, -0.1) is 0 Å². The summed E-state index contributed by atoms with van der Waals surface area (Å²) in [5.41, 5.74) is 4.40. The van der Waals surface area contributed by atoms with E-state index in [-0.39, 0.29) is 11.8 Å². The Bertz CT molecular complexity index is 971. The van der Waals surface area contributed by atoms with E-state index in [0.29, 0.717) is 30.6 Å². The van der Waals surface area contributed by atoms with E-state index in [1.807, 2.05) is 18.0 Å². The van der Waals surface area contributed by atoms with Crippen LogP contribution in [0.3, 0.4) is 0 Å². The number of carbonyl (C=O) groups is 2. The molecule has 0 spiro atoms. The molecular formula is C22H22N4O2. The first-order valence-electron chi connectivity index (χ1n) is 9.50. The molecule has 2 heterocycles. The molecule has 2 aromatic carbocycles. The van der Waals surface area contributed by atoms with Crippen LogP contribution >= 0.6 is 0 Å². The molecule has 0 aliphatic carbocycles. The summed E-state index contributed by atoms with van der Waals surface area (Å²) in [7, 11) is 1.83. The number of benzene rings is 2. The molecule has 28 heavy (non-hydrogen) atoms. The lowest BCUT2D eigenvalue weighted by Crippen LogP contribution is -2.48. The van der Waals surface area contributed by atoms with Crippen molar-refractivity contribution in [1.82, 2.24) is 4.90 Å². The fourth-order valence-electron chi connectivity index (χ4n) is 3.91. The molecule has 0 bridgehead atoms. The molecule has 0 N–H and O–H groups in total. The minimum Gasteiger partial charge on any atom is -0.368 e. The lowest BCUT2D eigenvalue weighted by atomic mass is 10.0. The number of rotatable bonds is 2. The zero-order chi connectivity index (χ0) is 19.7. The molecule has 4 rings (SSSR count). The maximum Gasteiger partial charge on any atom is 0.254 e. The van der Waals surface area contributed by atoms with Crippen LogP contribution in [0, 0.1) is 11.3 Å². The van der Waals surface area contributed by atoms with Gasteiger partial charge in [0.25, 0.3) is 5.91 Å². The molecule has 6 heteroatoms. The smallest absolute Gasteiger partial charge is 0.254 e. The summed E-state index contributed by atoms with van der Waals surface area (Å²) in [6.45, 7) is 2.81. The summed E-state index contributed by atoms with van der Waals surface area (Å²) in [6.07, 6.45) is 1.33. The molecule has 2 aliphatic heterocycles. The highest BCUT2D eigenvalue weighted by molar-refractivity contribution is 5.96. The molecule has 0 radical (unpaired) electrons. The van der Waals surface area contributed by atoms with Gasteiger partial charge in [-0.3, -0.25) is 9.59 Å². The van der Waals surface area contributed by atoms with Crippen molar-refractivity contribution in [3.05, 3.63) is 59.2 Å². The van der Waals surface area contributed by atoms with Crippen molar-refractivity contribution < 1.29 is 9.59 Å². The SMILES string of the molecule is CN1C(=O)CCc2cc(N3CCN(C(=O)c4cccc(C#N)c4)CC3)ccc21. The van der Waals surface area contributed by atoms with E-state index >= 15 is 0 Å². The van der Waals surface area contributed by atoms with Crippen LogP contribution in [-0.2, 0) is 11.2 Å². The Labute approximate surface area is 164 Å². The highest BCUT2D eigenvalue weighted by atomic mass is 16.2. The quantitative estimate of drug-likeness (QED) is 0.810. The number of anilines is 2. The summed E-state index contributed by atoms with van der Waals surface area (Å²) < 4.78 is 0. The van der Waals surface area contributed by atoms with Gasteiger partial charge in [0, 0.05) is 56.6 Å². The number of carbonyl (C=O) groups excluding carboxylic acids is 2. The number of aryl methyl sites for hydroxylation is 1. The molecular weight excluding hydrogens is 352 g/mol. The lowest BCUT2D eigenvalue weighted by Gasteiger charge is -2.37. The monoisotopic (exact) mass is 374 g/mol. The van der Waals surface area contributed by atoms with E-state index in [0.717, 1.165) is 30.9 Å². The van der Waals surface area contributed by atoms with Crippen molar-refractivity contribution in [3.63, 3.8) is 0 Å². The Morgan fingerprint density at radius 1 is 1.04 bits per heavy atom. The molecule has 2 amide bonds. The zero-order valence-corrected chi connectivity index (χ0v) is 15.9. The van der Waals surface area contributed by atoms with Crippen molar-refractivity contribution in [2.24, 2.45) is 0 Å². The molecule has 0 aromatic heterocycles. The van der Waals surface area contributed by atoms with Gasteiger partial charge in [0.15, 0.2) is 0 Å². The normalized spacial score (nSPS) is 16.6. The summed E-state index contributed by atoms with van der Waals surface area (Å²) in [5, 5.41) is 9.03. The van der Waals surface area contributed by atoms with Gasteiger partial charge in [-0.1, -0.05) is 6.07 Å². The number of amides is 2. The van der Waals surface area contributed by atoms with Crippen LogP contribution in [0.2, 0.25) is 0 Å². The van der Waals surface area contributed by atoms with E-state index < -0.39 is 0 Å². The van der Waals surface area contributed by atoms with Crippen LogP contribution in [0.5, 0.6) is 0 Å². The average Bonchev–Trinajstić information content (AvgIpc) is 2.76. The van der Waals surface area contributed by atoms with Gasteiger partial charge in [0.1, 0.15) is 0 Å². The molecule has 0 atom stereocenters. The van der Waals surface area contributed by atoms with E-state index in [2.05, 4.69) is 23.1 Å². The molecule has 0 saturated carbocycles. The summed E-state index contributed by atoms with van der Waals surface area (Å²) in [4.78, 5) is 30.5. The molecule has 2 aromatic rings. The van der Waals surface area contributed by atoms with Crippen molar-refractivity contribution in [2.45, 2.75) is 12.8 Å². The first-order chi connectivity index (χ1) is 13.6. The Morgan fingerprint density at radius 2 is 1.82 bits per heavy atom. The van der Waals surface area contributed by atoms with E-state index in [9.17, 15) is 9.59 Å². The highest BCUT2D eigenvalue weighted by Gasteiger charge is 2.25. The molecule has 1 fully saturated rings. The van der Waals surface area contributed by atoms with Gasteiger partial charge in [-0.05, 0) is 48.4 Å². The Kier molecular flexibility index (Phi) is 4.74. The second kappa shape index (κ2) is 7.35. The number of piperazine rings is 1. The fourth-order valence-corrected chi connectivity index (χ4v) is 3.91. The van der Waals surface area contributed by atoms with Crippen molar-refractivity contribution in [2.75, 3.05) is 43.0 Å². The lowest BCUT2D eigenvalue weighted by molar-refractivity contribution is -0.118.